The normalized spacial score (nSPS) is 16.1. The van der Waals surface area contributed by atoms with Crippen molar-refractivity contribution in [3.05, 3.63) is 52.6 Å². The Kier molecular flexibility index (Phi) is 7.30. The molecular formula is C23H28F3N3O4S. The molecule has 1 unspecified atom stereocenters. The number of carbonyl (C=O) groups excluding carboxylic acids is 1. The van der Waals surface area contributed by atoms with Gasteiger partial charge >= 0.3 is 6.18 Å². The van der Waals surface area contributed by atoms with Crippen LogP contribution in [-0.2, 0) is 27.8 Å². The molecule has 2 N–H and O–H groups in total. The Morgan fingerprint density at radius 2 is 1.82 bits per heavy atom. The van der Waals surface area contributed by atoms with E-state index in [1.165, 1.54) is 12.1 Å². The minimum Gasteiger partial charge on any atom is -0.484 e. The van der Waals surface area contributed by atoms with Crippen molar-refractivity contribution in [3.63, 3.8) is 0 Å². The number of aryl methyl sites for hydroxylation is 2. The number of primary sulfonamides is 1. The van der Waals surface area contributed by atoms with E-state index in [1.54, 1.807) is 44.0 Å². The molecule has 0 fully saturated rings. The zero-order chi connectivity index (χ0) is 25.4. The Hall–Kier alpha value is -2.63. The topological polar surface area (TPSA) is 92.9 Å². The maximum absolute atomic E-state index is 13.1. The summed E-state index contributed by atoms with van der Waals surface area (Å²) < 4.78 is 65.7. The molecule has 1 atom stereocenters. The van der Waals surface area contributed by atoms with E-state index < -0.39 is 22.8 Å². The molecule has 7 nitrogen and oxygen atoms in total. The molecule has 1 amide bonds. The number of hydrogen-bond donors (Lipinski definition) is 1. The van der Waals surface area contributed by atoms with Gasteiger partial charge in [0.2, 0.25) is 15.9 Å². The number of carbonyl (C=O) groups is 1. The minimum atomic E-state index is -4.41. The van der Waals surface area contributed by atoms with Crippen LogP contribution in [0.15, 0.2) is 35.2 Å². The van der Waals surface area contributed by atoms with Crippen LogP contribution in [0, 0.1) is 13.8 Å². The van der Waals surface area contributed by atoms with Crippen LogP contribution in [0.2, 0.25) is 0 Å². The highest BCUT2D eigenvalue weighted by Gasteiger charge is 2.32. The van der Waals surface area contributed by atoms with Gasteiger partial charge in [0.25, 0.3) is 0 Å². The predicted molar refractivity (Wildman–Crippen MR) is 122 cm³/mol. The summed E-state index contributed by atoms with van der Waals surface area (Å²) >= 11 is 0. The van der Waals surface area contributed by atoms with E-state index in [0.29, 0.717) is 29.8 Å². The van der Waals surface area contributed by atoms with Crippen LogP contribution in [0.1, 0.15) is 29.2 Å². The first-order chi connectivity index (χ1) is 15.7. The number of rotatable bonds is 7. The molecule has 0 saturated heterocycles. The van der Waals surface area contributed by atoms with E-state index in [2.05, 4.69) is 0 Å². The lowest BCUT2D eigenvalue weighted by Crippen LogP contribution is -2.42. The average Bonchev–Trinajstić information content (AvgIpc) is 3.00. The number of fused-ring (bicyclic) bond motifs is 1. The van der Waals surface area contributed by atoms with E-state index in [9.17, 15) is 26.4 Å². The van der Waals surface area contributed by atoms with Gasteiger partial charge in [-0.15, -0.1) is 0 Å². The Bertz CT molecular complexity index is 1180. The molecule has 11 heteroatoms. The van der Waals surface area contributed by atoms with E-state index in [0.717, 1.165) is 11.1 Å². The van der Waals surface area contributed by atoms with Gasteiger partial charge in [-0.1, -0.05) is 12.1 Å². The van der Waals surface area contributed by atoms with Gasteiger partial charge in [-0.25, -0.2) is 13.6 Å². The second-order valence-electron chi connectivity index (χ2n) is 8.79. The molecule has 1 aliphatic rings. The third kappa shape index (κ3) is 6.08. The first-order valence-electron chi connectivity index (χ1n) is 10.6. The highest BCUT2D eigenvalue weighted by molar-refractivity contribution is 7.89. The quantitative estimate of drug-likeness (QED) is 0.631. The summed E-state index contributed by atoms with van der Waals surface area (Å²) in [7, 11) is -2.05. The molecule has 2 aromatic rings. The number of sulfonamides is 1. The SMILES string of the molecule is Cc1cc(CN(C)CC(=O)N2c3ccc(S(N)(=O)=O)cc3CC2C)cc(C)c1OCC(F)(F)F. The molecule has 2 aromatic carbocycles. The number of hydrogen-bond acceptors (Lipinski definition) is 5. The zero-order valence-corrected chi connectivity index (χ0v) is 20.3. The third-order valence-electron chi connectivity index (χ3n) is 5.62. The average molecular weight is 500 g/mol. The van der Waals surface area contributed by atoms with Crippen LogP contribution in [0.3, 0.4) is 0 Å². The molecule has 0 radical (unpaired) electrons. The lowest BCUT2D eigenvalue weighted by molar-refractivity contribution is -0.153. The van der Waals surface area contributed by atoms with E-state index >= 15 is 0 Å². The lowest BCUT2D eigenvalue weighted by Gasteiger charge is -2.26. The summed E-state index contributed by atoms with van der Waals surface area (Å²) in [5.41, 5.74) is 3.43. The van der Waals surface area contributed by atoms with Crippen molar-refractivity contribution in [1.29, 1.82) is 0 Å². The number of alkyl halides is 3. The van der Waals surface area contributed by atoms with Gasteiger partial charge in [0.15, 0.2) is 6.61 Å². The van der Waals surface area contributed by atoms with Crippen LogP contribution in [-0.4, -0.2) is 51.6 Å². The van der Waals surface area contributed by atoms with Crippen molar-refractivity contribution in [2.24, 2.45) is 5.14 Å². The number of ether oxygens (including phenoxy) is 1. The molecule has 1 heterocycles. The fourth-order valence-electron chi connectivity index (χ4n) is 4.35. The van der Waals surface area contributed by atoms with E-state index in [1.807, 2.05) is 11.8 Å². The van der Waals surface area contributed by atoms with Crippen molar-refractivity contribution in [3.8, 4) is 5.75 Å². The van der Waals surface area contributed by atoms with E-state index in [4.69, 9.17) is 9.88 Å². The highest BCUT2D eigenvalue weighted by Crippen LogP contribution is 2.34. The van der Waals surface area contributed by atoms with Crippen molar-refractivity contribution in [2.75, 3.05) is 25.1 Å². The first kappa shape index (κ1) is 26.0. The molecule has 34 heavy (non-hydrogen) atoms. The highest BCUT2D eigenvalue weighted by atomic mass is 32.2. The zero-order valence-electron chi connectivity index (χ0n) is 19.4. The monoisotopic (exact) mass is 499 g/mol. The molecular weight excluding hydrogens is 471 g/mol. The van der Waals surface area contributed by atoms with Crippen LogP contribution in [0.25, 0.3) is 0 Å². The van der Waals surface area contributed by atoms with Crippen molar-refractivity contribution >= 4 is 21.6 Å². The number of nitrogens with two attached hydrogens (primary N) is 1. The van der Waals surface area contributed by atoms with E-state index in [-0.39, 0.29) is 29.1 Å². The number of amides is 1. The Morgan fingerprint density at radius 3 is 2.38 bits per heavy atom. The summed E-state index contributed by atoms with van der Waals surface area (Å²) in [5.74, 6) is 0.0665. The van der Waals surface area contributed by atoms with Crippen LogP contribution >= 0.6 is 0 Å². The third-order valence-corrected chi connectivity index (χ3v) is 6.53. The maximum atomic E-state index is 13.1. The molecule has 0 saturated carbocycles. The molecule has 3 rings (SSSR count). The van der Waals surface area contributed by atoms with Gasteiger partial charge in [-0.05, 0) is 74.7 Å². The van der Waals surface area contributed by atoms with Crippen molar-refractivity contribution in [2.45, 2.75) is 50.9 Å². The molecule has 1 aliphatic heterocycles. The van der Waals surface area contributed by atoms with Gasteiger partial charge in [-0.2, -0.15) is 13.2 Å². The Balaban J connectivity index is 1.69. The number of halogens is 3. The first-order valence-corrected chi connectivity index (χ1v) is 12.2. The summed E-state index contributed by atoms with van der Waals surface area (Å²) in [6, 6.07) is 7.87. The van der Waals surface area contributed by atoms with Gasteiger partial charge in [0, 0.05) is 18.3 Å². The van der Waals surface area contributed by atoms with Crippen molar-refractivity contribution in [1.82, 2.24) is 4.90 Å². The standard InChI is InChI=1S/C23H28F3N3O4S/c1-14-7-17(8-15(2)22(14)33-13-23(24,25)26)11-28(4)12-21(30)29-16(3)9-18-10-19(34(27,31)32)5-6-20(18)29/h5-8,10,16H,9,11-13H2,1-4H3,(H2,27,31,32). The van der Waals surface area contributed by atoms with Crippen molar-refractivity contribution < 1.29 is 31.1 Å². The number of benzene rings is 2. The maximum Gasteiger partial charge on any atom is 0.422 e. The molecule has 0 spiro atoms. The number of nitrogens with zero attached hydrogens (tertiary/aromatic N) is 2. The Morgan fingerprint density at radius 1 is 1.21 bits per heavy atom. The largest absolute Gasteiger partial charge is 0.484 e. The smallest absolute Gasteiger partial charge is 0.422 e. The molecule has 0 bridgehead atoms. The molecule has 0 aliphatic carbocycles. The van der Waals surface area contributed by atoms with Crippen LogP contribution < -0.4 is 14.8 Å². The molecule has 186 valence electrons. The second-order valence-corrected chi connectivity index (χ2v) is 10.3. The summed E-state index contributed by atoms with van der Waals surface area (Å²) in [6.45, 7) is 4.42. The molecule has 0 aromatic heterocycles. The Labute approximate surface area is 197 Å². The fourth-order valence-corrected chi connectivity index (χ4v) is 4.92. The van der Waals surface area contributed by atoms with Gasteiger partial charge < -0.3 is 9.64 Å². The van der Waals surface area contributed by atoms with Gasteiger partial charge in [-0.3, -0.25) is 9.69 Å². The van der Waals surface area contributed by atoms with Crippen LogP contribution in [0.5, 0.6) is 5.75 Å². The van der Waals surface area contributed by atoms with Crippen LogP contribution in [0.4, 0.5) is 18.9 Å². The predicted octanol–water partition coefficient (Wildman–Crippen LogP) is 3.30. The minimum absolute atomic E-state index is 0.0123. The lowest BCUT2D eigenvalue weighted by atomic mass is 10.1. The van der Waals surface area contributed by atoms with Gasteiger partial charge in [0.1, 0.15) is 5.75 Å². The summed E-state index contributed by atoms with van der Waals surface area (Å²) in [5, 5.41) is 5.21. The number of likely N-dealkylation sites (N-methyl/N-ethyl adjacent to an activating group) is 1. The fraction of sp³-hybridized carbons (Fsp3) is 0.435. The number of anilines is 1. The second kappa shape index (κ2) is 9.55. The summed E-state index contributed by atoms with van der Waals surface area (Å²) in [6.07, 6.45) is -3.89. The van der Waals surface area contributed by atoms with Gasteiger partial charge in [0.05, 0.1) is 11.4 Å². The summed E-state index contributed by atoms with van der Waals surface area (Å²) in [4.78, 5) is 16.6.